The summed E-state index contributed by atoms with van der Waals surface area (Å²) in [7, 11) is 0. The second kappa shape index (κ2) is 13.6. The molecule has 254 valence electrons. The van der Waals surface area contributed by atoms with Gasteiger partial charge < -0.3 is 21.1 Å². The molecule has 1 aliphatic rings. The van der Waals surface area contributed by atoms with Gasteiger partial charge in [-0.2, -0.15) is 5.10 Å². The summed E-state index contributed by atoms with van der Waals surface area (Å²) in [6, 6.07) is 22.4. The number of aromatic nitrogens is 6. The number of nitrogen functional groups attached to an aromatic ring is 1. The fourth-order valence-corrected chi connectivity index (χ4v) is 6.82. The van der Waals surface area contributed by atoms with Crippen molar-refractivity contribution in [1.82, 2.24) is 34.0 Å². The average Bonchev–Trinajstić information content (AvgIpc) is 3.53. The lowest BCUT2D eigenvalue weighted by Gasteiger charge is -2.33. The molecule has 1 aliphatic heterocycles. The third-order valence-corrected chi connectivity index (χ3v) is 9.42. The van der Waals surface area contributed by atoms with E-state index in [-0.39, 0.29) is 28.9 Å². The number of para-hydroxylation sites is 1. The standard InChI is InChI=1S/C38H39N9O3/c1-23(2)37(49)45-18-14-26(15-19-45)32-21-30(33-34(39)42-22-43-47(32)33)25-10-12-27(13-11-25)44-36(48)31-20-29(35-40-16-7-17-41-35)24(3)46(38(31)50)28-8-5-4-6-9-28/h4-13,16-17,20-23,26,36,44,48H,14-15,18-19H2,1-3H3,(H2,39,42,43). The van der Waals surface area contributed by atoms with Crippen molar-refractivity contribution in [1.29, 1.82) is 0 Å². The van der Waals surface area contributed by atoms with Crippen molar-refractivity contribution < 1.29 is 9.90 Å². The first kappa shape index (κ1) is 32.7. The highest BCUT2D eigenvalue weighted by atomic mass is 16.3. The minimum Gasteiger partial charge on any atom is -0.382 e. The van der Waals surface area contributed by atoms with E-state index in [4.69, 9.17) is 5.73 Å². The summed E-state index contributed by atoms with van der Waals surface area (Å²) in [5, 5.41) is 19.1. The maximum atomic E-state index is 13.9. The molecule has 4 N–H and O–H groups in total. The topological polar surface area (TPSA) is 157 Å². The second-order valence-electron chi connectivity index (χ2n) is 12.9. The van der Waals surface area contributed by atoms with E-state index >= 15 is 0 Å². The van der Waals surface area contributed by atoms with Crippen LogP contribution in [0, 0.1) is 12.8 Å². The molecule has 1 amide bonds. The Bertz CT molecular complexity index is 2210. The van der Waals surface area contributed by atoms with Crippen LogP contribution in [0.5, 0.6) is 0 Å². The van der Waals surface area contributed by atoms with Gasteiger partial charge in [0.05, 0.1) is 5.56 Å². The number of benzene rings is 2. The fraction of sp³-hybridized carbons (Fsp3) is 0.263. The first-order chi connectivity index (χ1) is 24.2. The molecule has 1 fully saturated rings. The summed E-state index contributed by atoms with van der Waals surface area (Å²) in [5.74, 6) is 1.19. The van der Waals surface area contributed by atoms with Crippen molar-refractivity contribution in [3.05, 3.63) is 119 Å². The van der Waals surface area contributed by atoms with E-state index in [0.717, 1.165) is 35.2 Å². The minimum atomic E-state index is -1.33. The number of nitrogens with zero attached hydrogens (tertiary/aromatic N) is 7. The number of likely N-dealkylation sites (tertiary alicyclic amines) is 1. The molecule has 1 unspecified atom stereocenters. The monoisotopic (exact) mass is 669 g/mol. The Labute approximate surface area is 289 Å². The maximum Gasteiger partial charge on any atom is 0.263 e. The lowest BCUT2D eigenvalue weighted by molar-refractivity contribution is -0.135. The molecule has 4 aromatic heterocycles. The lowest BCUT2D eigenvalue weighted by atomic mass is 9.92. The zero-order valence-corrected chi connectivity index (χ0v) is 28.2. The van der Waals surface area contributed by atoms with Crippen LogP contribution >= 0.6 is 0 Å². The number of hydrogen-bond acceptors (Lipinski definition) is 9. The van der Waals surface area contributed by atoms with Crippen molar-refractivity contribution in [2.75, 3.05) is 24.1 Å². The number of aliphatic hydroxyl groups excluding tert-OH is 1. The average molecular weight is 670 g/mol. The van der Waals surface area contributed by atoms with Crippen molar-refractivity contribution in [2.45, 2.75) is 45.8 Å². The van der Waals surface area contributed by atoms with Crippen molar-refractivity contribution in [3.63, 3.8) is 0 Å². The van der Waals surface area contributed by atoms with E-state index in [1.165, 1.54) is 6.33 Å². The largest absolute Gasteiger partial charge is 0.382 e. The van der Waals surface area contributed by atoms with Crippen LogP contribution in [0.4, 0.5) is 11.5 Å². The number of carbonyl (C=O) groups is 1. The van der Waals surface area contributed by atoms with Gasteiger partial charge in [0.1, 0.15) is 11.8 Å². The molecular weight excluding hydrogens is 630 g/mol. The summed E-state index contributed by atoms with van der Waals surface area (Å²) in [6.45, 7) is 7.11. The maximum absolute atomic E-state index is 13.9. The Kier molecular flexibility index (Phi) is 8.85. The van der Waals surface area contributed by atoms with Gasteiger partial charge in [0.15, 0.2) is 17.9 Å². The predicted molar refractivity (Wildman–Crippen MR) is 193 cm³/mol. The SMILES string of the molecule is Cc1c(-c2ncccn2)cc(C(O)Nc2ccc(-c3cc(C4CCN(C(=O)C(C)C)CC4)n4ncnc(N)c34)cc2)c(=O)n1-c1ccccc1. The summed E-state index contributed by atoms with van der Waals surface area (Å²) >= 11 is 0. The van der Waals surface area contributed by atoms with Crippen molar-refractivity contribution >= 4 is 22.9 Å². The van der Waals surface area contributed by atoms with Gasteiger partial charge in [0.2, 0.25) is 5.91 Å². The van der Waals surface area contributed by atoms with E-state index in [1.54, 1.807) is 29.1 Å². The number of fused-ring (bicyclic) bond motifs is 1. The number of nitrogens with two attached hydrogens (primary N) is 1. The molecule has 0 saturated carbocycles. The highest BCUT2D eigenvalue weighted by Crippen LogP contribution is 2.37. The Morgan fingerprint density at radius 1 is 0.940 bits per heavy atom. The molecule has 0 aliphatic carbocycles. The number of amides is 1. The van der Waals surface area contributed by atoms with Crippen LogP contribution in [0.25, 0.3) is 33.7 Å². The summed E-state index contributed by atoms with van der Waals surface area (Å²) < 4.78 is 3.45. The van der Waals surface area contributed by atoms with E-state index in [2.05, 4.69) is 31.4 Å². The Balaban J connectivity index is 1.18. The van der Waals surface area contributed by atoms with Gasteiger partial charge in [-0.25, -0.2) is 19.5 Å². The number of hydrogen-bond donors (Lipinski definition) is 3. The molecule has 0 radical (unpaired) electrons. The molecule has 1 atom stereocenters. The zero-order chi connectivity index (χ0) is 34.9. The van der Waals surface area contributed by atoms with Crippen LogP contribution < -0.4 is 16.6 Å². The van der Waals surface area contributed by atoms with Crippen LogP contribution in [0.15, 0.2) is 96.3 Å². The van der Waals surface area contributed by atoms with E-state index in [9.17, 15) is 14.7 Å². The van der Waals surface area contributed by atoms with Gasteiger partial charge >= 0.3 is 0 Å². The molecule has 0 bridgehead atoms. The van der Waals surface area contributed by atoms with Crippen LogP contribution in [0.3, 0.4) is 0 Å². The smallest absolute Gasteiger partial charge is 0.263 e. The third kappa shape index (κ3) is 6.09. The number of carbonyl (C=O) groups excluding carboxylic acids is 1. The first-order valence-electron chi connectivity index (χ1n) is 16.8. The normalized spacial score (nSPS) is 14.3. The van der Waals surface area contributed by atoms with Gasteiger partial charge in [0.25, 0.3) is 5.56 Å². The van der Waals surface area contributed by atoms with E-state index in [1.807, 2.05) is 84.8 Å². The number of rotatable bonds is 8. The predicted octanol–water partition coefficient (Wildman–Crippen LogP) is 5.36. The summed E-state index contributed by atoms with van der Waals surface area (Å²) in [5.41, 5.74) is 12.3. The Morgan fingerprint density at radius 2 is 1.64 bits per heavy atom. The van der Waals surface area contributed by atoms with Crippen LogP contribution in [0.2, 0.25) is 0 Å². The highest BCUT2D eigenvalue weighted by Gasteiger charge is 2.29. The van der Waals surface area contributed by atoms with Crippen LogP contribution in [-0.2, 0) is 4.79 Å². The molecule has 12 nitrogen and oxygen atoms in total. The van der Waals surface area contributed by atoms with E-state index < -0.39 is 6.23 Å². The van der Waals surface area contributed by atoms with Gasteiger partial charge in [-0.1, -0.05) is 44.2 Å². The van der Waals surface area contributed by atoms with Crippen molar-refractivity contribution in [2.24, 2.45) is 5.92 Å². The van der Waals surface area contributed by atoms with Crippen LogP contribution in [-0.4, -0.2) is 58.1 Å². The number of anilines is 2. The minimum absolute atomic E-state index is 0.0235. The summed E-state index contributed by atoms with van der Waals surface area (Å²) in [6.07, 6.45) is 5.09. The van der Waals surface area contributed by atoms with E-state index in [0.29, 0.717) is 47.4 Å². The second-order valence-corrected chi connectivity index (χ2v) is 12.9. The zero-order valence-electron chi connectivity index (χ0n) is 28.2. The molecule has 7 rings (SSSR count). The number of aliphatic hydroxyl groups is 1. The fourth-order valence-electron chi connectivity index (χ4n) is 6.82. The summed E-state index contributed by atoms with van der Waals surface area (Å²) in [4.78, 5) is 41.5. The quantitative estimate of drug-likeness (QED) is 0.182. The molecule has 6 aromatic rings. The molecule has 1 saturated heterocycles. The Morgan fingerprint density at radius 3 is 2.32 bits per heavy atom. The molecule has 0 spiro atoms. The third-order valence-electron chi connectivity index (χ3n) is 9.42. The lowest BCUT2D eigenvalue weighted by Crippen LogP contribution is -2.40. The van der Waals surface area contributed by atoms with Crippen LogP contribution in [0.1, 0.15) is 55.8 Å². The molecule has 12 heteroatoms. The molecule has 50 heavy (non-hydrogen) atoms. The Hall–Kier alpha value is -5.88. The molecular formula is C38H39N9O3. The molecule has 5 heterocycles. The van der Waals surface area contributed by atoms with Crippen molar-refractivity contribution in [3.8, 4) is 28.2 Å². The van der Waals surface area contributed by atoms with Gasteiger partial charge in [-0.15, -0.1) is 0 Å². The highest BCUT2D eigenvalue weighted by molar-refractivity contribution is 5.89. The van der Waals surface area contributed by atoms with Gasteiger partial charge in [-0.05, 0) is 67.8 Å². The van der Waals surface area contributed by atoms with Gasteiger partial charge in [0, 0.05) is 71.2 Å². The molecule has 2 aromatic carbocycles. The van der Waals surface area contributed by atoms with Gasteiger partial charge in [-0.3, -0.25) is 14.2 Å². The number of nitrogens with one attached hydrogen (secondary N) is 1. The number of piperidine rings is 1. The number of pyridine rings is 1. The first-order valence-corrected chi connectivity index (χ1v) is 16.8.